The minimum Gasteiger partial charge on any atom is -0.490 e. The third-order valence-corrected chi connectivity index (χ3v) is 8.38. The highest BCUT2D eigenvalue weighted by Crippen LogP contribution is 2.29. The van der Waals surface area contributed by atoms with Crippen molar-refractivity contribution in [2.24, 2.45) is 5.92 Å². The lowest BCUT2D eigenvalue weighted by atomic mass is 10.0. The van der Waals surface area contributed by atoms with Gasteiger partial charge >= 0.3 is 6.03 Å². The molecule has 1 aliphatic heterocycles. The Hall–Kier alpha value is -3.82. The molecule has 3 aromatic rings. The van der Waals surface area contributed by atoms with Crippen LogP contribution in [-0.2, 0) is 4.74 Å². The van der Waals surface area contributed by atoms with E-state index in [1.54, 1.807) is 16.8 Å². The molecule has 9 heteroatoms. The lowest BCUT2D eigenvalue weighted by Gasteiger charge is -2.36. The summed E-state index contributed by atoms with van der Waals surface area (Å²) in [6.45, 7) is 6.92. The molecular formula is C35H48N4O5. The van der Waals surface area contributed by atoms with E-state index in [0.717, 1.165) is 41.4 Å². The molecule has 3 aromatic carbocycles. The van der Waals surface area contributed by atoms with E-state index in [-0.39, 0.29) is 36.7 Å². The lowest BCUT2D eigenvalue weighted by Crippen LogP contribution is -2.48. The van der Waals surface area contributed by atoms with Crippen LogP contribution in [0.5, 0.6) is 5.75 Å². The van der Waals surface area contributed by atoms with Crippen LogP contribution in [-0.4, -0.2) is 92.5 Å². The van der Waals surface area contributed by atoms with Gasteiger partial charge in [0.05, 0.1) is 36.1 Å². The highest BCUT2D eigenvalue weighted by atomic mass is 16.5. The number of hydrogen-bond donors (Lipinski definition) is 2. The number of carbonyl (C=O) groups is 2. The molecule has 2 N–H and O–H groups in total. The Kier molecular flexibility index (Phi) is 11.5. The van der Waals surface area contributed by atoms with Crippen LogP contribution in [0.4, 0.5) is 16.2 Å². The molecule has 44 heavy (non-hydrogen) atoms. The maximum absolute atomic E-state index is 14.2. The minimum atomic E-state index is -0.431. The van der Waals surface area contributed by atoms with Crippen LogP contribution in [0.15, 0.2) is 60.7 Å². The molecule has 0 aliphatic carbocycles. The first kappa shape index (κ1) is 33.1. The zero-order valence-electron chi connectivity index (χ0n) is 27.0. The van der Waals surface area contributed by atoms with Gasteiger partial charge in [-0.15, -0.1) is 0 Å². The molecule has 238 valence electrons. The van der Waals surface area contributed by atoms with Crippen LogP contribution in [0.25, 0.3) is 10.8 Å². The van der Waals surface area contributed by atoms with Crippen LogP contribution in [0.1, 0.15) is 50.4 Å². The standard InChI is InChI=1S/C35H48N4O5/c1-24-21-39(25(2)23-40)34(41)30-20-28(37(4)5)17-18-32(30)44-26(3)12-9-10-19-43-33(24)22-38(6)35(42)36-31-16-11-14-27-13-7-8-15-29(27)31/h7-8,11,13-18,20,24-26,33,40H,9-10,12,19,21-23H2,1-6H3,(H,36,42)/t24-,25+,26-,33+/m0/s1. The number of amides is 3. The fourth-order valence-corrected chi connectivity index (χ4v) is 5.55. The summed E-state index contributed by atoms with van der Waals surface area (Å²) in [7, 11) is 5.63. The van der Waals surface area contributed by atoms with Crippen LogP contribution in [0.3, 0.4) is 0 Å². The number of rotatable bonds is 6. The molecule has 0 bridgehead atoms. The summed E-state index contributed by atoms with van der Waals surface area (Å²) in [4.78, 5) is 32.9. The van der Waals surface area contributed by atoms with E-state index in [9.17, 15) is 14.7 Å². The van der Waals surface area contributed by atoms with Crippen LogP contribution >= 0.6 is 0 Å². The number of hydrogen-bond acceptors (Lipinski definition) is 6. The van der Waals surface area contributed by atoms with E-state index in [0.29, 0.717) is 31.0 Å². The number of anilines is 2. The molecule has 0 saturated heterocycles. The molecule has 0 radical (unpaired) electrons. The van der Waals surface area contributed by atoms with Crippen molar-refractivity contribution in [3.8, 4) is 5.75 Å². The normalized spacial score (nSPS) is 20.7. The number of nitrogens with zero attached hydrogens (tertiary/aromatic N) is 3. The van der Waals surface area contributed by atoms with Crippen molar-refractivity contribution in [2.75, 3.05) is 57.7 Å². The first-order valence-corrected chi connectivity index (χ1v) is 15.6. The molecule has 4 atom stereocenters. The van der Waals surface area contributed by atoms with E-state index in [4.69, 9.17) is 9.47 Å². The highest BCUT2D eigenvalue weighted by Gasteiger charge is 2.31. The summed E-state index contributed by atoms with van der Waals surface area (Å²) in [5, 5.41) is 15.3. The number of urea groups is 1. The number of likely N-dealkylation sites (N-methyl/N-ethyl adjacent to an activating group) is 1. The Morgan fingerprint density at radius 2 is 1.82 bits per heavy atom. The summed E-state index contributed by atoms with van der Waals surface area (Å²) in [5.41, 5.74) is 2.11. The highest BCUT2D eigenvalue weighted by molar-refractivity contribution is 6.01. The second-order valence-corrected chi connectivity index (χ2v) is 12.2. The number of aliphatic hydroxyl groups is 1. The maximum atomic E-state index is 14.2. The molecular weight excluding hydrogens is 556 g/mol. The van der Waals surface area contributed by atoms with E-state index in [2.05, 4.69) is 5.32 Å². The van der Waals surface area contributed by atoms with Gasteiger partial charge in [-0.3, -0.25) is 4.79 Å². The van der Waals surface area contributed by atoms with Gasteiger partial charge in [-0.1, -0.05) is 43.3 Å². The van der Waals surface area contributed by atoms with Gasteiger partial charge in [0.1, 0.15) is 5.75 Å². The van der Waals surface area contributed by atoms with Crippen molar-refractivity contribution in [1.82, 2.24) is 9.80 Å². The van der Waals surface area contributed by atoms with Crippen molar-refractivity contribution in [1.29, 1.82) is 0 Å². The Morgan fingerprint density at radius 1 is 1.07 bits per heavy atom. The molecule has 0 unspecified atom stereocenters. The SMILES string of the molecule is C[C@H](CO)N1C[C@H](C)[C@@H](CN(C)C(=O)Nc2cccc3ccccc23)OCCCC[C@H](C)Oc2ccc(N(C)C)cc2C1=O. The topological polar surface area (TPSA) is 94.6 Å². The summed E-state index contributed by atoms with van der Waals surface area (Å²) >= 11 is 0. The number of fused-ring (bicyclic) bond motifs is 2. The molecule has 0 aromatic heterocycles. The smallest absolute Gasteiger partial charge is 0.321 e. The fourth-order valence-electron chi connectivity index (χ4n) is 5.55. The van der Waals surface area contributed by atoms with Crippen molar-refractivity contribution < 1.29 is 24.2 Å². The lowest BCUT2D eigenvalue weighted by molar-refractivity contribution is -0.0115. The molecule has 0 spiro atoms. The number of nitrogens with one attached hydrogen (secondary N) is 1. The molecule has 3 amide bonds. The Morgan fingerprint density at radius 3 is 2.57 bits per heavy atom. The fraction of sp³-hybridized carbons (Fsp3) is 0.486. The van der Waals surface area contributed by atoms with Gasteiger partial charge in [-0.25, -0.2) is 4.79 Å². The minimum absolute atomic E-state index is 0.0861. The summed E-state index contributed by atoms with van der Waals surface area (Å²) in [5.74, 6) is 0.205. The van der Waals surface area contributed by atoms with Crippen LogP contribution in [0.2, 0.25) is 0 Å². The maximum Gasteiger partial charge on any atom is 0.321 e. The van der Waals surface area contributed by atoms with Gasteiger partial charge in [-0.05, 0) is 62.8 Å². The zero-order valence-corrected chi connectivity index (χ0v) is 27.0. The molecule has 0 saturated carbocycles. The molecule has 4 rings (SSSR count). The predicted molar refractivity (Wildman–Crippen MR) is 177 cm³/mol. The van der Waals surface area contributed by atoms with Crippen molar-refractivity contribution >= 4 is 34.1 Å². The number of ether oxygens (including phenoxy) is 2. The van der Waals surface area contributed by atoms with E-state index in [1.807, 2.05) is 100 Å². The first-order chi connectivity index (χ1) is 21.1. The predicted octanol–water partition coefficient (Wildman–Crippen LogP) is 5.87. The number of carbonyl (C=O) groups excluding carboxylic acids is 2. The van der Waals surface area contributed by atoms with E-state index < -0.39 is 6.04 Å². The summed E-state index contributed by atoms with van der Waals surface area (Å²) in [6, 6.07) is 18.8. The zero-order chi connectivity index (χ0) is 31.8. The van der Waals surface area contributed by atoms with Crippen molar-refractivity contribution in [3.63, 3.8) is 0 Å². The third-order valence-electron chi connectivity index (χ3n) is 8.38. The monoisotopic (exact) mass is 604 g/mol. The number of aliphatic hydroxyl groups excluding tert-OH is 1. The van der Waals surface area contributed by atoms with Gasteiger partial charge in [-0.2, -0.15) is 0 Å². The Bertz CT molecular complexity index is 1410. The van der Waals surface area contributed by atoms with Gasteiger partial charge in [0.15, 0.2) is 0 Å². The van der Waals surface area contributed by atoms with Crippen molar-refractivity contribution in [3.05, 3.63) is 66.2 Å². The Labute approximate surface area is 261 Å². The van der Waals surface area contributed by atoms with Gasteiger partial charge in [0, 0.05) is 57.8 Å². The van der Waals surface area contributed by atoms with Gasteiger partial charge in [0.25, 0.3) is 5.91 Å². The second kappa shape index (κ2) is 15.3. The molecule has 0 fully saturated rings. The Balaban J connectivity index is 1.58. The first-order valence-electron chi connectivity index (χ1n) is 15.6. The van der Waals surface area contributed by atoms with Crippen molar-refractivity contribution in [2.45, 2.75) is 58.3 Å². The molecule has 9 nitrogen and oxygen atoms in total. The van der Waals surface area contributed by atoms with E-state index in [1.165, 1.54) is 0 Å². The molecule has 1 aliphatic rings. The summed E-state index contributed by atoms with van der Waals surface area (Å²) < 4.78 is 12.7. The second-order valence-electron chi connectivity index (χ2n) is 12.2. The average Bonchev–Trinajstić information content (AvgIpc) is 3.01. The van der Waals surface area contributed by atoms with Gasteiger partial charge < -0.3 is 34.6 Å². The van der Waals surface area contributed by atoms with Crippen LogP contribution in [0, 0.1) is 5.92 Å². The number of benzene rings is 3. The summed E-state index contributed by atoms with van der Waals surface area (Å²) in [6.07, 6.45) is 2.16. The largest absolute Gasteiger partial charge is 0.490 e. The van der Waals surface area contributed by atoms with Crippen LogP contribution < -0.4 is 15.0 Å². The molecule has 1 heterocycles. The van der Waals surface area contributed by atoms with Gasteiger partial charge in [0.2, 0.25) is 0 Å². The quantitative estimate of drug-likeness (QED) is 0.366. The van der Waals surface area contributed by atoms with E-state index >= 15 is 0 Å². The average molecular weight is 605 g/mol. The third kappa shape index (κ3) is 8.21.